The van der Waals surface area contributed by atoms with Crippen molar-refractivity contribution in [3.63, 3.8) is 0 Å². The molecule has 0 aliphatic carbocycles. The van der Waals surface area contributed by atoms with Crippen LogP contribution in [-0.2, 0) is 9.13 Å². The first-order valence-electron chi connectivity index (χ1n) is 3.65. The van der Waals surface area contributed by atoms with Gasteiger partial charge in [-0.3, -0.25) is 14.0 Å². The molecule has 0 heterocycles. The molecule has 80 valence electrons. The molecule has 0 aliphatic heterocycles. The summed E-state index contributed by atoms with van der Waals surface area (Å²) in [5, 5.41) is 0. The van der Waals surface area contributed by atoms with Crippen molar-refractivity contribution in [3.05, 3.63) is 0 Å². The SMILES string of the molecule is CP(=O)(O)CN(CP)CP(C)(=O)O. The molecule has 0 aromatic heterocycles. The zero-order valence-corrected chi connectivity index (χ0v) is 10.7. The lowest BCUT2D eigenvalue weighted by atomic mass is 11.0. The molecule has 8 heteroatoms. The molecule has 0 spiro atoms. The van der Waals surface area contributed by atoms with Crippen molar-refractivity contribution in [2.45, 2.75) is 0 Å². The van der Waals surface area contributed by atoms with E-state index in [2.05, 4.69) is 9.24 Å². The third-order valence-electron chi connectivity index (χ3n) is 1.18. The zero-order valence-electron chi connectivity index (χ0n) is 7.75. The number of hydrogen-bond donors (Lipinski definition) is 2. The predicted octanol–water partition coefficient (Wildman–Crippen LogP) is 0.836. The fourth-order valence-electron chi connectivity index (χ4n) is 0.902. The lowest BCUT2D eigenvalue weighted by Gasteiger charge is -2.22. The maximum atomic E-state index is 11.0. The van der Waals surface area contributed by atoms with Crippen molar-refractivity contribution in [1.82, 2.24) is 4.90 Å². The maximum absolute atomic E-state index is 11.0. The van der Waals surface area contributed by atoms with Crippen LogP contribution in [0.3, 0.4) is 0 Å². The van der Waals surface area contributed by atoms with Gasteiger partial charge in [-0.15, -0.1) is 9.24 Å². The molecule has 0 aromatic carbocycles. The van der Waals surface area contributed by atoms with Crippen LogP contribution in [0.1, 0.15) is 0 Å². The summed E-state index contributed by atoms with van der Waals surface area (Å²) in [5.74, 6) is 0. The largest absolute Gasteiger partial charge is 0.344 e. The molecule has 0 bridgehead atoms. The Morgan fingerprint density at radius 1 is 1.15 bits per heavy atom. The molecule has 0 aliphatic rings. The van der Waals surface area contributed by atoms with Crippen LogP contribution in [0.4, 0.5) is 0 Å². The Labute approximate surface area is 80.6 Å². The van der Waals surface area contributed by atoms with E-state index < -0.39 is 14.7 Å². The molecular weight excluding hydrogens is 231 g/mol. The normalized spacial score (nSPS) is 21.1. The van der Waals surface area contributed by atoms with Gasteiger partial charge in [-0.2, -0.15) is 0 Å². The maximum Gasteiger partial charge on any atom is 0.211 e. The van der Waals surface area contributed by atoms with Crippen LogP contribution in [0.25, 0.3) is 0 Å². The molecule has 2 N–H and O–H groups in total. The fourth-order valence-corrected chi connectivity index (χ4v) is 3.67. The van der Waals surface area contributed by atoms with Gasteiger partial charge in [-0.05, 0) is 0 Å². The fraction of sp³-hybridized carbons (Fsp3) is 1.00. The van der Waals surface area contributed by atoms with Gasteiger partial charge in [0.1, 0.15) is 0 Å². The molecule has 3 atom stereocenters. The average molecular weight is 247 g/mol. The third-order valence-corrected chi connectivity index (χ3v) is 3.55. The van der Waals surface area contributed by atoms with E-state index in [1.165, 1.54) is 18.2 Å². The van der Waals surface area contributed by atoms with Crippen LogP contribution in [0, 0.1) is 0 Å². The van der Waals surface area contributed by atoms with Crippen molar-refractivity contribution in [3.8, 4) is 0 Å². The Bertz CT molecular complexity index is 220. The first-order valence-corrected chi connectivity index (χ1v) is 9.05. The van der Waals surface area contributed by atoms with E-state index in [0.717, 1.165) is 0 Å². The van der Waals surface area contributed by atoms with Crippen molar-refractivity contribution in [1.29, 1.82) is 0 Å². The van der Waals surface area contributed by atoms with Crippen molar-refractivity contribution >= 4 is 24.0 Å². The summed E-state index contributed by atoms with van der Waals surface area (Å²) in [4.78, 5) is 19.6. The van der Waals surface area contributed by atoms with Gasteiger partial charge in [0.25, 0.3) is 0 Å². The van der Waals surface area contributed by atoms with E-state index in [4.69, 9.17) is 9.79 Å². The minimum absolute atomic E-state index is 0.0467. The van der Waals surface area contributed by atoms with Gasteiger partial charge in [0, 0.05) is 19.6 Å². The van der Waals surface area contributed by atoms with E-state index >= 15 is 0 Å². The van der Waals surface area contributed by atoms with Gasteiger partial charge in [0.2, 0.25) is 14.7 Å². The standard InChI is InChI=1S/C5H16NO4P3/c1-12(7,8)4-6(3-11)5-13(2,9)10/h3-5,11H2,1-2H3,(H,7,8)(H,9,10). The first-order chi connectivity index (χ1) is 5.64. The first kappa shape index (κ1) is 13.8. The Balaban J connectivity index is 4.22. The summed E-state index contributed by atoms with van der Waals surface area (Å²) in [6, 6.07) is 0. The second kappa shape index (κ2) is 5.02. The van der Waals surface area contributed by atoms with Gasteiger partial charge in [0.05, 0.1) is 12.6 Å². The monoisotopic (exact) mass is 247 g/mol. The Hall–Kier alpha value is 0.770. The molecule has 0 saturated carbocycles. The van der Waals surface area contributed by atoms with E-state index in [0.29, 0.717) is 6.29 Å². The predicted molar refractivity (Wildman–Crippen MR) is 57.6 cm³/mol. The molecule has 0 radical (unpaired) electrons. The summed E-state index contributed by atoms with van der Waals surface area (Å²) in [5.41, 5.74) is 0. The van der Waals surface area contributed by atoms with E-state index in [9.17, 15) is 9.13 Å². The smallest absolute Gasteiger partial charge is 0.211 e. The van der Waals surface area contributed by atoms with Crippen LogP contribution in [0.2, 0.25) is 0 Å². The topological polar surface area (TPSA) is 77.8 Å². The third kappa shape index (κ3) is 9.08. The van der Waals surface area contributed by atoms with E-state index in [1.807, 2.05) is 0 Å². The Kier molecular flexibility index (Phi) is 5.32. The molecule has 5 nitrogen and oxygen atoms in total. The van der Waals surface area contributed by atoms with Crippen molar-refractivity contribution in [2.75, 3.05) is 32.2 Å². The van der Waals surface area contributed by atoms with Gasteiger partial charge in [-0.25, -0.2) is 0 Å². The summed E-state index contributed by atoms with van der Waals surface area (Å²) >= 11 is 0. The Morgan fingerprint density at radius 2 is 1.46 bits per heavy atom. The molecule has 3 unspecified atom stereocenters. The number of nitrogens with zero attached hydrogens (tertiary/aromatic N) is 1. The second-order valence-corrected chi connectivity index (χ2v) is 8.37. The lowest BCUT2D eigenvalue weighted by molar-refractivity contribution is 0.372. The van der Waals surface area contributed by atoms with Crippen LogP contribution in [0.15, 0.2) is 0 Å². The molecule has 0 amide bonds. The molecule has 0 fully saturated rings. The van der Waals surface area contributed by atoms with E-state index in [1.54, 1.807) is 0 Å². The van der Waals surface area contributed by atoms with Crippen LogP contribution >= 0.6 is 24.0 Å². The molecule has 13 heavy (non-hydrogen) atoms. The summed E-state index contributed by atoms with van der Waals surface area (Å²) in [6.45, 7) is 2.47. The van der Waals surface area contributed by atoms with Crippen molar-refractivity contribution < 1.29 is 18.9 Å². The minimum Gasteiger partial charge on any atom is -0.344 e. The average Bonchev–Trinajstić information content (AvgIpc) is 1.79. The highest BCUT2D eigenvalue weighted by atomic mass is 31.2. The lowest BCUT2D eigenvalue weighted by Crippen LogP contribution is -2.24. The van der Waals surface area contributed by atoms with Crippen LogP contribution in [0.5, 0.6) is 0 Å². The van der Waals surface area contributed by atoms with Gasteiger partial charge >= 0.3 is 0 Å². The van der Waals surface area contributed by atoms with E-state index in [-0.39, 0.29) is 12.6 Å². The minimum atomic E-state index is -3.14. The van der Waals surface area contributed by atoms with Crippen molar-refractivity contribution in [2.24, 2.45) is 0 Å². The summed E-state index contributed by atoms with van der Waals surface area (Å²) in [6.07, 6.45) is 0.320. The molecule has 0 saturated heterocycles. The number of rotatable bonds is 5. The highest BCUT2D eigenvalue weighted by Gasteiger charge is 2.20. The van der Waals surface area contributed by atoms with Gasteiger partial charge in [0.15, 0.2) is 0 Å². The highest BCUT2D eigenvalue weighted by Crippen LogP contribution is 2.41. The zero-order chi connectivity index (χ0) is 10.7. The molecule has 0 rings (SSSR count). The molecular formula is C5H16NO4P3. The summed E-state index contributed by atoms with van der Waals surface area (Å²) < 4.78 is 22.0. The van der Waals surface area contributed by atoms with Crippen LogP contribution < -0.4 is 0 Å². The quantitative estimate of drug-likeness (QED) is 0.704. The summed E-state index contributed by atoms with van der Waals surface area (Å²) in [7, 11) is -3.93. The second-order valence-electron chi connectivity index (χ2n) is 3.24. The highest BCUT2D eigenvalue weighted by molar-refractivity contribution is 7.58. The van der Waals surface area contributed by atoms with Gasteiger partial charge in [-0.1, -0.05) is 0 Å². The number of hydrogen-bond acceptors (Lipinski definition) is 3. The Morgan fingerprint density at radius 3 is 1.62 bits per heavy atom. The van der Waals surface area contributed by atoms with Gasteiger partial charge < -0.3 is 9.79 Å². The molecule has 0 aromatic rings. The van der Waals surface area contributed by atoms with Crippen LogP contribution in [-0.4, -0.2) is 46.9 Å².